The van der Waals surface area contributed by atoms with Gasteiger partial charge in [0.05, 0.1) is 21.6 Å². The maximum absolute atomic E-state index is 14.1. The third-order valence-corrected chi connectivity index (χ3v) is 9.81. The molecule has 0 aliphatic rings. The summed E-state index contributed by atoms with van der Waals surface area (Å²) >= 11 is 0. The largest absolute Gasteiger partial charge is 0.384 e. The van der Waals surface area contributed by atoms with Crippen molar-refractivity contribution < 1.29 is 8.42 Å². The summed E-state index contributed by atoms with van der Waals surface area (Å²) in [4.78, 5) is 7.43. The smallest absolute Gasteiger partial charge is 0.264 e. The predicted molar refractivity (Wildman–Crippen MR) is 173 cm³/mol. The Morgan fingerprint density at radius 2 is 1.57 bits per heavy atom. The van der Waals surface area contributed by atoms with Gasteiger partial charge in [0.25, 0.3) is 10.0 Å². The van der Waals surface area contributed by atoms with Crippen molar-refractivity contribution in [1.29, 1.82) is 5.41 Å². The minimum atomic E-state index is -3.81. The standard InChI is InChI=1S/C33H44N6O2S/c1-7-38(8-2)21-22-39(42(40,41)28-17-14-26(15-18-28)33(3,4)5)27-16-19-30-29(23-27)36-31(37(30)6)20-11-24-9-12-25(13-10-24)32(34)35/h9-10,12-19,23H,7-8,11,20-22H2,1-6H3,(H3,34,35). The van der Waals surface area contributed by atoms with Crippen LogP contribution in [0.3, 0.4) is 0 Å². The number of aryl methyl sites for hydroxylation is 3. The number of nitrogen functional groups attached to an aromatic ring is 1. The first-order chi connectivity index (χ1) is 19.8. The number of aromatic nitrogens is 2. The van der Waals surface area contributed by atoms with Gasteiger partial charge in [0, 0.05) is 32.1 Å². The van der Waals surface area contributed by atoms with Crippen LogP contribution in [-0.4, -0.2) is 54.9 Å². The zero-order valence-corrected chi connectivity index (χ0v) is 26.5. The van der Waals surface area contributed by atoms with E-state index in [2.05, 4.69) is 44.1 Å². The number of imidazole rings is 1. The Bertz CT molecular complexity index is 1630. The summed E-state index contributed by atoms with van der Waals surface area (Å²) in [7, 11) is -1.81. The van der Waals surface area contributed by atoms with Gasteiger partial charge < -0.3 is 15.2 Å². The molecule has 0 radical (unpaired) electrons. The van der Waals surface area contributed by atoms with Crippen LogP contribution in [0.1, 0.15) is 57.1 Å². The van der Waals surface area contributed by atoms with Gasteiger partial charge >= 0.3 is 0 Å². The van der Waals surface area contributed by atoms with E-state index in [-0.39, 0.29) is 16.1 Å². The highest BCUT2D eigenvalue weighted by Crippen LogP contribution is 2.29. The second-order valence-electron chi connectivity index (χ2n) is 11.7. The number of anilines is 1. The predicted octanol–water partition coefficient (Wildman–Crippen LogP) is 5.48. The molecule has 224 valence electrons. The van der Waals surface area contributed by atoms with Crippen LogP contribution in [0.4, 0.5) is 5.69 Å². The summed E-state index contributed by atoms with van der Waals surface area (Å²) in [6.45, 7) is 13.2. The summed E-state index contributed by atoms with van der Waals surface area (Å²) in [6.07, 6.45) is 1.52. The van der Waals surface area contributed by atoms with Gasteiger partial charge in [-0.3, -0.25) is 9.71 Å². The Kier molecular flexibility index (Phi) is 9.43. The van der Waals surface area contributed by atoms with E-state index in [0.717, 1.165) is 53.9 Å². The van der Waals surface area contributed by atoms with Gasteiger partial charge in [0.15, 0.2) is 0 Å². The fourth-order valence-corrected chi connectivity index (χ4v) is 6.59. The topological polar surface area (TPSA) is 108 Å². The monoisotopic (exact) mass is 588 g/mol. The van der Waals surface area contributed by atoms with Crippen molar-refractivity contribution in [2.45, 2.75) is 57.8 Å². The average Bonchev–Trinajstić information content (AvgIpc) is 3.28. The molecule has 0 saturated heterocycles. The third-order valence-electron chi connectivity index (χ3n) is 7.97. The Balaban J connectivity index is 1.65. The molecule has 4 aromatic rings. The number of benzene rings is 3. The van der Waals surface area contributed by atoms with E-state index >= 15 is 0 Å². The zero-order valence-electron chi connectivity index (χ0n) is 25.7. The minimum absolute atomic E-state index is 0.0581. The molecule has 0 amide bonds. The van der Waals surface area contributed by atoms with Crippen molar-refractivity contribution in [3.63, 3.8) is 0 Å². The van der Waals surface area contributed by atoms with E-state index in [1.165, 1.54) is 4.31 Å². The fraction of sp³-hybridized carbons (Fsp3) is 0.394. The third kappa shape index (κ3) is 6.85. The molecule has 1 aromatic heterocycles. The van der Waals surface area contributed by atoms with Crippen molar-refractivity contribution in [2.75, 3.05) is 30.5 Å². The first-order valence-corrected chi connectivity index (χ1v) is 16.0. The van der Waals surface area contributed by atoms with Crippen LogP contribution in [-0.2, 0) is 35.3 Å². The lowest BCUT2D eigenvalue weighted by Gasteiger charge is -2.28. The van der Waals surface area contributed by atoms with Crippen molar-refractivity contribution in [2.24, 2.45) is 12.8 Å². The number of fused-ring (bicyclic) bond motifs is 1. The number of likely N-dealkylation sites (N-methyl/N-ethyl adjacent to an activating group) is 1. The van der Waals surface area contributed by atoms with Crippen LogP contribution in [0.15, 0.2) is 71.6 Å². The highest BCUT2D eigenvalue weighted by molar-refractivity contribution is 7.92. The van der Waals surface area contributed by atoms with Crippen molar-refractivity contribution in [1.82, 2.24) is 14.5 Å². The first-order valence-electron chi connectivity index (χ1n) is 14.6. The summed E-state index contributed by atoms with van der Waals surface area (Å²) in [5.74, 6) is 0.982. The molecular formula is C33H44N6O2S. The Morgan fingerprint density at radius 1 is 0.929 bits per heavy atom. The normalized spacial score (nSPS) is 12.3. The number of amidine groups is 1. The molecule has 9 heteroatoms. The molecule has 3 N–H and O–H groups in total. The van der Waals surface area contributed by atoms with Crippen molar-refractivity contribution in [3.05, 3.63) is 89.2 Å². The van der Waals surface area contributed by atoms with Gasteiger partial charge in [-0.2, -0.15) is 0 Å². The van der Waals surface area contributed by atoms with Crippen LogP contribution in [0.25, 0.3) is 11.0 Å². The number of nitrogens with one attached hydrogen (secondary N) is 1. The summed E-state index contributed by atoms with van der Waals surface area (Å²) in [5, 5.41) is 7.59. The molecule has 8 nitrogen and oxygen atoms in total. The van der Waals surface area contributed by atoms with Crippen LogP contribution >= 0.6 is 0 Å². The number of sulfonamides is 1. The lowest BCUT2D eigenvalue weighted by atomic mass is 9.87. The second kappa shape index (κ2) is 12.7. The number of hydrogen-bond acceptors (Lipinski definition) is 5. The molecule has 0 spiro atoms. The number of hydrogen-bond donors (Lipinski definition) is 2. The molecule has 0 unspecified atom stereocenters. The molecule has 3 aromatic carbocycles. The molecule has 0 bridgehead atoms. The minimum Gasteiger partial charge on any atom is -0.384 e. The second-order valence-corrected chi connectivity index (χ2v) is 13.6. The van der Waals surface area contributed by atoms with Gasteiger partial charge in [0.1, 0.15) is 11.7 Å². The number of rotatable bonds is 12. The van der Waals surface area contributed by atoms with E-state index in [1.807, 2.05) is 61.6 Å². The van der Waals surface area contributed by atoms with Gasteiger partial charge in [-0.1, -0.05) is 71.0 Å². The highest BCUT2D eigenvalue weighted by atomic mass is 32.2. The first kappa shape index (κ1) is 31.3. The van der Waals surface area contributed by atoms with E-state index in [4.69, 9.17) is 16.1 Å². The maximum atomic E-state index is 14.1. The van der Waals surface area contributed by atoms with E-state index in [0.29, 0.717) is 24.3 Å². The summed E-state index contributed by atoms with van der Waals surface area (Å²) in [6, 6.07) is 20.7. The molecule has 4 rings (SSSR count). The molecule has 42 heavy (non-hydrogen) atoms. The van der Waals surface area contributed by atoms with Gasteiger partial charge in [0.2, 0.25) is 0 Å². The van der Waals surface area contributed by atoms with Crippen molar-refractivity contribution >= 4 is 32.6 Å². The van der Waals surface area contributed by atoms with Crippen molar-refractivity contribution in [3.8, 4) is 0 Å². The zero-order chi connectivity index (χ0) is 30.7. The summed E-state index contributed by atoms with van der Waals surface area (Å²) < 4.78 is 31.8. The molecule has 1 heterocycles. The van der Waals surface area contributed by atoms with Gasteiger partial charge in [-0.05, 0) is 66.4 Å². The molecular weight excluding hydrogens is 544 g/mol. The molecule has 0 fully saturated rings. The molecule has 0 saturated carbocycles. The van der Waals surface area contributed by atoms with Gasteiger partial charge in [-0.25, -0.2) is 13.4 Å². The summed E-state index contributed by atoms with van der Waals surface area (Å²) in [5.41, 5.74) is 10.8. The average molecular weight is 589 g/mol. The van der Waals surface area contributed by atoms with Crippen LogP contribution < -0.4 is 10.0 Å². The fourth-order valence-electron chi connectivity index (χ4n) is 5.14. The van der Waals surface area contributed by atoms with E-state index < -0.39 is 10.0 Å². The van der Waals surface area contributed by atoms with Crippen LogP contribution in [0, 0.1) is 5.41 Å². The lowest BCUT2D eigenvalue weighted by Crippen LogP contribution is -2.38. The van der Waals surface area contributed by atoms with Crippen LogP contribution in [0.5, 0.6) is 0 Å². The van der Waals surface area contributed by atoms with E-state index in [1.54, 1.807) is 12.1 Å². The quantitative estimate of drug-likeness (QED) is 0.168. The van der Waals surface area contributed by atoms with Gasteiger partial charge in [-0.15, -0.1) is 0 Å². The van der Waals surface area contributed by atoms with Crippen LogP contribution in [0.2, 0.25) is 0 Å². The van der Waals surface area contributed by atoms with E-state index in [9.17, 15) is 8.42 Å². The lowest BCUT2D eigenvalue weighted by molar-refractivity contribution is 0.313. The number of nitrogens with zero attached hydrogens (tertiary/aromatic N) is 4. The number of nitrogens with two attached hydrogens (primary N) is 1. The maximum Gasteiger partial charge on any atom is 0.264 e. The molecule has 0 aliphatic carbocycles. The molecule has 0 atom stereocenters. The Labute approximate surface area is 250 Å². The molecule has 0 aliphatic heterocycles. The SMILES string of the molecule is CCN(CC)CCN(c1ccc2c(c1)nc(CCc1ccc(C(=N)N)cc1)n2C)S(=O)(=O)c1ccc(C(C)(C)C)cc1. The highest BCUT2D eigenvalue weighted by Gasteiger charge is 2.27. The Hall–Kier alpha value is -3.69. The Morgan fingerprint density at radius 3 is 2.14 bits per heavy atom.